The smallest absolute Gasteiger partial charge is 0.0703 e. The lowest BCUT2D eigenvalue weighted by Crippen LogP contribution is -2.40. The molecule has 0 spiro atoms. The molecule has 0 unspecified atom stereocenters. The third-order valence-corrected chi connectivity index (χ3v) is 4.34. The SMILES string of the molecule is CN(CCc1ccc(Br)cc1)CC1(C#N)CCC1. The zero-order valence-electron chi connectivity index (χ0n) is 10.8. The summed E-state index contributed by atoms with van der Waals surface area (Å²) in [5, 5.41) is 9.22. The normalized spacial score (nSPS) is 17.2. The molecule has 1 saturated carbocycles. The molecule has 0 heterocycles. The molecule has 18 heavy (non-hydrogen) atoms. The fourth-order valence-corrected chi connectivity index (χ4v) is 2.74. The van der Waals surface area contributed by atoms with Crippen LogP contribution in [0.15, 0.2) is 28.7 Å². The van der Waals surface area contributed by atoms with Crippen LogP contribution in [-0.4, -0.2) is 25.0 Å². The van der Waals surface area contributed by atoms with Crippen molar-refractivity contribution in [3.8, 4) is 6.07 Å². The standard InChI is InChI=1S/C15H19BrN2/c1-18(12-15(11-17)8-2-9-15)10-7-13-3-5-14(16)6-4-13/h3-6H,2,7-10,12H2,1H3. The van der Waals surface area contributed by atoms with Crippen molar-refractivity contribution in [3.05, 3.63) is 34.3 Å². The Hall–Kier alpha value is -0.850. The number of hydrogen-bond donors (Lipinski definition) is 0. The molecule has 1 aromatic rings. The summed E-state index contributed by atoms with van der Waals surface area (Å²) in [7, 11) is 2.12. The highest BCUT2D eigenvalue weighted by Gasteiger charge is 2.37. The Labute approximate surface area is 118 Å². The second-order valence-electron chi connectivity index (χ2n) is 5.36. The quantitative estimate of drug-likeness (QED) is 0.831. The highest BCUT2D eigenvalue weighted by atomic mass is 79.9. The number of nitrogens with zero attached hydrogens (tertiary/aromatic N) is 2. The Morgan fingerprint density at radius 3 is 2.50 bits per heavy atom. The van der Waals surface area contributed by atoms with E-state index in [0.29, 0.717) is 0 Å². The molecule has 0 radical (unpaired) electrons. The van der Waals surface area contributed by atoms with Crippen LogP contribution in [0.3, 0.4) is 0 Å². The molecule has 0 saturated heterocycles. The first-order valence-corrected chi connectivity index (χ1v) is 7.27. The lowest BCUT2D eigenvalue weighted by atomic mass is 9.69. The third kappa shape index (κ3) is 3.34. The maximum atomic E-state index is 9.22. The maximum Gasteiger partial charge on any atom is 0.0703 e. The van der Waals surface area contributed by atoms with E-state index in [4.69, 9.17) is 0 Å². The van der Waals surface area contributed by atoms with Gasteiger partial charge in [0.1, 0.15) is 0 Å². The molecular formula is C15H19BrN2. The molecule has 0 N–H and O–H groups in total. The predicted molar refractivity (Wildman–Crippen MR) is 77.2 cm³/mol. The molecule has 0 atom stereocenters. The minimum atomic E-state index is -0.0472. The predicted octanol–water partition coefficient (Wildman–Crippen LogP) is 3.62. The Morgan fingerprint density at radius 2 is 2.00 bits per heavy atom. The first-order chi connectivity index (χ1) is 8.63. The van der Waals surface area contributed by atoms with Crippen LogP contribution in [0.1, 0.15) is 24.8 Å². The average molecular weight is 307 g/mol. The molecule has 1 fully saturated rings. The van der Waals surface area contributed by atoms with E-state index >= 15 is 0 Å². The Morgan fingerprint density at radius 1 is 1.33 bits per heavy atom. The van der Waals surface area contributed by atoms with Crippen LogP contribution in [0.2, 0.25) is 0 Å². The van der Waals surface area contributed by atoms with Gasteiger partial charge in [0.2, 0.25) is 0 Å². The zero-order valence-corrected chi connectivity index (χ0v) is 12.4. The van der Waals surface area contributed by atoms with E-state index in [-0.39, 0.29) is 5.41 Å². The van der Waals surface area contributed by atoms with E-state index in [2.05, 4.69) is 58.2 Å². The summed E-state index contributed by atoms with van der Waals surface area (Å²) in [5.74, 6) is 0. The largest absolute Gasteiger partial charge is 0.304 e. The average Bonchev–Trinajstić information content (AvgIpc) is 2.33. The third-order valence-electron chi connectivity index (χ3n) is 3.82. The molecule has 0 amide bonds. The summed E-state index contributed by atoms with van der Waals surface area (Å²) in [4.78, 5) is 2.30. The van der Waals surface area contributed by atoms with Crippen LogP contribution >= 0.6 is 15.9 Å². The van der Waals surface area contributed by atoms with Crippen molar-refractivity contribution in [2.75, 3.05) is 20.1 Å². The van der Waals surface area contributed by atoms with Gasteiger partial charge >= 0.3 is 0 Å². The molecule has 1 aromatic carbocycles. The van der Waals surface area contributed by atoms with E-state index in [9.17, 15) is 5.26 Å². The van der Waals surface area contributed by atoms with E-state index in [0.717, 1.165) is 36.8 Å². The molecule has 2 nitrogen and oxygen atoms in total. The van der Waals surface area contributed by atoms with E-state index in [1.807, 2.05) is 0 Å². The molecule has 96 valence electrons. The van der Waals surface area contributed by atoms with Crippen molar-refractivity contribution in [3.63, 3.8) is 0 Å². The Kier molecular flexibility index (Phi) is 4.42. The van der Waals surface area contributed by atoms with Crippen molar-refractivity contribution < 1.29 is 0 Å². The lowest BCUT2D eigenvalue weighted by molar-refractivity contribution is 0.139. The summed E-state index contributed by atoms with van der Waals surface area (Å²) in [6, 6.07) is 11.0. The Balaban J connectivity index is 1.80. The number of halogens is 1. The molecule has 2 rings (SSSR count). The van der Waals surface area contributed by atoms with Crippen LogP contribution in [0.4, 0.5) is 0 Å². The lowest BCUT2D eigenvalue weighted by Gasteiger charge is -2.38. The van der Waals surface area contributed by atoms with Gasteiger partial charge in [-0.15, -0.1) is 0 Å². The van der Waals surface area contributed by atoms with E-state index < -0.39 is 0 Å². The molecular weight excluding hydrogens is 288 g/mol. The fraction of sp³-hybridized carbons (Fsp3) is 0.533. The fourth-order valence-electron chi connectivity index (χ4n) is 2.48. The summed E-state index contributed by atoms with van der Waals surface area (Å²) in [6.07, 6.45) is 4.41. The van der Waals surface area contributed by atoms with Gasteiger partial charge in [-0.2, -0.15) is 5.26 Å². The van der Waals surface area contributed by atoms with Crippen LogP contribution in [-0.2, 0) is 6.42 Å². The van der Waals surface area contributed by atoms with E-state index in [1.54, 1.807) is 0 Å². The van der Waals surface area contributed by atoms with Crippen molar-refractivity contribution in [2.24, 2.45) is 5.41 Å². The van der Waals surface area contributed by atoms with Gasteiger partial charge in [-0.05, 0) is 44.0 Å². The second-order valence-corrected chi connectivity index (χ2v) is 6.28. The van der Waals surface area contributed by atoms with Gasteiger partial charge in [-0.1, -0.05) is 34.5 Å². The molecule has 1 aliphatic carbocycles. The van der Waals surface area contributed by atoms with Gasteiger partial charge in [-0.3, -0.25) is 0 Å². The van der Waals surface area contributed by atoms with Crippen LogP contribution in [0, 0.1) is 16.7 Å². The van der Waals surface area contributed by atoms with Crippen molar-refractivity contribution in [1.29, 1.82) is 5.26 Å². The molecule has 0 aromatic heterocycles. The highest BCUT2D eigenvalue weighted by molar-refractivity contribution is 9.10. The second kappa shape index (κ2) is 5.86. The number of benzene rings is 1. The van der Waals surface area contributed by atoms with Gasteiger partial charge in [0.15, 0.2) is 0 Å². The van der Waals surface area contributed by atoms with Gasteiger partial charge < -0.3 is 4.90 Å². The summed E-state index contributed by atoms with van der Waals surface area (Å²) < 4.78 is 1.12. The van der Waals surface area contributed by atoms with Crippen molar-refractivity contribution in [2.45, 2.75) is 25.7 Å². The topological polar surface area (TPSA) is 27.0 Å². The first-order valence-electron chi connectivity index (χ1n) is 6.48. The number of hydrogen-bond acceptors (Lipinski definition) is 2. The minimum Gasteiger partial charge on any atom is -0.304 e. The number of likely N-dealkylation sites (N-methyl/N-ethyl adjacent to an activating group) is 1. The minimum absolute atomic E-state index is 0.0472. The maximum absolute atomic E-state index is 9.22. The van der Waals surface area contributed by atoms with Crippen LogP contribution in [0.25, 0.3) is 0 Å². The molecule has 0 bridgehead atoms. The summed E-state index contributed by atoms with van der Waals surface area (Å²) in [6.45, 7) is 1.94. The van der Waals surface area contributed by atoms with Gasteiger partial charge in [0.25, 0.3) is 0 Å². The van der Waals surface area contributed by atoms with Gasteiger partial charge in [-0.25, -0.2) is 0 Å². The first kappa shape index (κ1) is 13.6. The highest BCUT2D eigenvalue weighted by Crippen LogP contribution is 2.40. The molecule has 1 aliphatic rings. The number of nitriles is 1. The summed E-state index contributed by atoms with van der Waals surface area (Å²) >= 11 is 3.45. The summed E-state index contributed by atoms with van der Waals surface area (Å²) in [5.41, 5.74) is 1.30. The van der Waals surface area contributed by atoms with Crippen LogP contribution in [0.5, 0.6) is 0 Å². The van der Waals surface area contributed by atoms with Gasteiger partial charge in [0, 0.05) is 17.6 Å². The number of rotatable bonds is 5. The zero-order chi connectivity index (χ0) is 13.0. The van der Waals surface area contributed by atoms with Crippen molar-refractivity contribution >= 4 is 15.9 Å². The van der Waals surface area contributed by atoms with Crippen LogP contribution < -0.4 is 0 Å². The van der Waals surface area contributed by atoms with Crippen molar-refractivity contribution in [1.82, 2.24) is 4.90 Å². The van der Waals surface area contributed by atoms with E-state index in [1.165, 1.54) is 12.0 Å². The molecule has 0 aliphatic heterocycles. The monoisotopic (exact) mass is 306 g/mol. The Bertz CT molecular complexity index is 429. The molecule has 3 heteroatoms. The van der Waals surface area contributed by atoms with Gasteiger partial charge in [0.05, 0.1) is 11.5 Å².